The lowest BCUT2D eigenvalue weighted by Gasteiger charge is -2.44. The fourth-order valence-electron chi connectivity index (χ4n) is 3.43. The second kappa shape index (κ2) is 10.7. The molecule has 1 saturated carbocycles. The molecule has 0 aliphatic heterocycles. The lowest BCUT2D eigenvalue weighted by atomic mass is 9.78. The molecule has 1 aliphatic rings. The Hall–Kier alpha value is -0.810. The van der Waals surface area contributed by atoms with Crippen LogP contribution in [-0.2, 0) is 9.53 Å². The van der Waals surface area contributed by atoms with Crippen LogP contribution in [0.4, 0.5) is 0 Å². The molecule has 0 heterocycles. The van der Waals surface area contributed by atoms with Gasteiger partial charge in [0.05, 0.1) is 36.6 Å². The Balaban J connectivity index is 2.73. The van der Waals surface area contributed by atoms with Crippen LogP contribution >= 0.6 is 0 Å². The molecule has 1 rings (SSSR count). The second-order valence-corrected chi connectivity index (χ2v) is 7.85. The van der Waals surface area contributed by atoms with Gasteiger partial charge in [0.25, 0.3) is 0 Å². The first-order chi connectivity index (χ1) is 12.5. The van der Waals surface area contributed by atoms with E-state index in [4.69, 9.17) is 21.9 Å². The molecule has 27 heavy (non-hydrogen) atoms. The maximum Gasteiger partial charge on any atom is 0.219 e. The molecule has 9 heteroatoms. The predicted octanol–water partition coefficient (Wildman–Crippen LogP) is -1.97. The third kappa shape index (κ3) is 6.08. The van der Waals surface area contributed by atoms with Gasteiger partial charge in [-0.3, -0.25) is 4.79 Å². The van der Waals surface area contributed by atoms with E-state index in [0.717, 1.165) is 0 Å². The number of carbonyl (C=O) groups excluding carboxylic acids is 1. The van der Waals surface area contributed by atoms with E-state index in [1.807, 2.05) is 6.92 Å². The van der Waals surface area contributed by atoms with E-state index in [1.54, 1.807) is 20.8 Å². The minimum absolute atomic E-state index is 0.0906. The minimum atomic E-state index is -1.22. The lowest BCUT2D eigenvalue weighted by molar-refractivity contribution is -0.144. The normalized spacial score (nSPS) is 34.4. The van der Waals surface area contributed by atoms with Crippen molar-refractivity contribution in [3.63, 3.8) is 0 Å². The molecule has 10 N–H and O–H groups in total. The van der Waals surface area contributed by atoms with E-state index in [1.165, 1.54) is 0 Å². The van der Waals surface area contributed by atoms with Gasteiger partial charge in [-0.15, -0.1) is 0 Å². The SMILES string of the molecule is CCC(=O)NC1CC(N)C(OC(C)C(N)C(O)C(O)C(C)CN)C(O)C1C. The van der Waals surface area contributed by atoms with E-state index < -0.39 is 42.6 Å². The average molecular weight is 391 g/mol. The smallest absolute Gasteiger partial charge is 0.219 e. The summed E-state index contributed by atoms with van der Waals surface area (Å²) in [6.07, 6.45) is -3.70. The van der Waals surface area contributed by atoms with E-state index in [2.05, 4.69) is 5.32 Å². The van der Waals surface area contributed by atoms with Gasteiger partial charge in [-0.1, -0.05) is 20.8 Å². The van der Waals surface area contributed by atoms with Crippen LogP contribution in [0.3, 0.4) is 0 Å². The van der Waals surface area contributed by atoms with Gasteiger partial charge in [0.15, 0.2) is 0 Å². The number of nitrogens with two attached hydrogens (primary N) is 3. The van der Waals surface area contributed by atoms with Crippen molar-refractivity contribution < 1.29 is 24.9 Å². The Kier molecular flexibility index (Phi) is 9.56. The molecule has 10 atom stereocenters. The molecule has 0 aromatic carbocycles. The fourth-order valence-corrected chi connectivity index (χ4v) is 3.43. The Morgan fingerprint density at radius 1 is 1.30 bits per heavy atom. The Morgan fingerprint density at radius 3 is 2.41 bits per heavy atom. The summed E-state index contributed by atoms with van der Waals surface area (Å²) >= 11 is 0. The summed E-state index contributed by atoms with van der Waals surface area (Å²) in [6, 6.07) is -1.61. The minimum Gasteiger partial charge on any atom is -0.390 e. The lowest BCUT2D eigenvalue weighted by Crippen LogP contribution is -2.62. The van der Waals surface area contributed by atoms with Gasteiger partial charge < -0.3 is 42.6 Å². The third-order valence-corrected chi connectivity index (χ3v) is 5.74. The number of carbonyl (C=O) groups is 1. The van der Waals surface area contributed by atoms with E-state index in [9.17, 15) is 20.1 Å². The summed E-state index contributed by atoms with van der Waals surface area (Å²) in [7, 11) is 0. The topological polar surface area (TPSA) is 177 Å². The number of hydrogen-bond acceptors (Lipinski definition) is 8. The van der Waals surface area contributed by atoms with E-state index in [-0.39, 0.29) is 30.3 Å². The largest absolute Gasteiger partial charge is 0.390 e. The Bertz CT molecular complexity index is 469. The summed E-state index contributed by atoms with van der Waals surface area (Å²) in [5.41, 5.74) is 17.8. The van der Waals surface area contributed by atoms with E-state index in [0.29, 0.717) is 12.8 Å². The summed E-state index contributed by atoms with van der Waals surface area (Å²) in [4.78, 5) is 11.7. The molecular weight excluding hydrogens is 352 g/mol. The molecular formula is C18H38N4O5. The first kappa shape index (κ1) is 24.2. The van der Waals surface area contributed by atoms with E-state index >= 15 is 0 Å². The number of aliphatic hydroxyl groups is 3. The molecule has 0 radical (unpaired) electrons. The highest BCUT2D eigenvalue weighted by Gasteiger charge is 2.43. The number of nitrogens with one attached hydrogen (secondary N) is 1. The van der Waals surface area contributed by atoms with Gasteiger partial charge in [0, 0.05) is 24.4 Å². The van der Waals surface area contributed by atoms with Gasteiger partial charge in [-0.2, -0.15) is 0 Å². The van der Waals surface area contributed by atoms with Crippen molar-refractivity contribution in [1.29, 1.82) is 0 Å². The zero-order chi connectivity index (χ0) is 20.9. The second-order valence-electron chi connectivity index (χ2n) is 7.85. The number of hydrogen-bond donors (Lipinski definition) is 7. The number of rotatable bonds is 9. The van der Waals surface area contributed by atoms with Crippen molar-refractivity contribution >= 4 is 5.91 Å². The number of aliphatic hydroxyl groups excluding tert-OH is 3. The first-order valence-electron chi connectivity index (χ1n) is 9.75. The number of amides is 1. The molecule has 1 amide bonds. The predicted molar refractivity (Wildman–Crippen MR) is 103 cm³/mol. The number of ether oxygens (including phenoxy) is 1. The van der Waals surface area contributed by atoms with Crippen molar-refractivity contribution in [1.82, 2.24) is 5.32 Å². The standard InChI is InChI=1S/C18H38N4O5/c1-5-13(23)22-12-6-11(20)18(16(25)9(12)3)27-10(4)14(21)17(26)15(24)8(2)7-19/h8-12,14-18,24-26H,5-7,19-21H2,1-4H3,(H,22,23). The monoisotopic (exact) mass is 390 g/mol. The summed E-state index contributed by atoms with van der Waals surface area (Å²) in [5, 5.41) is 33.9. The van der Waals surface area contributed by atoms with Crippen molar-refractivity contribution in [2.75, 3.05) is 6.54 Å². The summed E-state index contributed by atoms with van der Waals surface area (Å²) in [6.45, 7) is 7.20. The van der Waals surface area contributed by atoms with Crippen LogP contribution in [0.2, 0.25) is 0 Å². The highest BCUT2D eigenvalue weighted by atomic mass is 16.5. The van der Waals surface area contributed by atoms with Crippen molar-refractivity contribution in [2.24, 2.45) is 29.0 Å². The van der Waals surface area contributed by atoms with Crippen molar-refractivity contribution in [3.8, 4) is 0 Å². The molecule has 0 aromatic heterocycles. The van der Waals surface area contributed by atoms with Crippen LogP contribution in [-0.4, -0.2) is 76.4 Å². The maximum atomic E-state index is 11.7. The van der Waals surface area contributed by atoms with Gasteiger partial charge >= 0.3 is 0 Å². The van der Waals surface area contributed by atoms with Crippen LogP contribution < -0.4 is 22.5 Å². The zero-order valence-corrected chi connectivity index (χ0v) is 16.8. The Morgan fingerprint density at radius 2 is 1.89 bits per heavy atom. The molecule has 160 valence electrons. The highest BCUT2D eigenvalue weighted by molar-refractivity contribution is 5.75. The molecule has 1 fully saturated rings. The molecule has 0 bridgehead atoms. The molecule has 10 unspecified atom stereocenters. The van der Waals surface area contributed by atoms with Gasteiger partial charge in [-0.25, -0.2) is 0 Å². The van der Waals surface area contributed by atoms with Crippen LogP contribution in [0.25, 0.3) is 0 Å². The van der Waals surface area contributed by atoms with Gasteiger partial charge in [0.2, 0.25) is 5.91 Å². The van der Waals surface area contributed by atoms with Crippen molar-refractivity contribution in [2.45, 2.75) is 89.2 Å². The van der Waals surface area contributed by atoms with Crippen LogP contribution in [0, 0.1) is 11.8 Å². The first-order valence-corrected chi connectivity index (χ1v) is 9.75. The van der Waals surface area contributed by atoms with Gasteiger partial charge in [0.1, 0.15) is 0 Å². The van der Waals surface area contributed by atoms with Crippen LogP contribution in [0.5, 0.6) is 0 Å². The molecule has 0 saturated heterocycles. The molecule has 9 nitrogen and oxygen atoms in total. The summed E-state index contributed by atoms with van der Waals surface area (Å²) < 4.78 is 5.90. The van der Waals surface area contributed by atoms with Crippen LogP contribution in [0.15, 0.2) is 0 Å². The molecule has 0 aromatic rings. The average Bonchev–Trinajstić information content (AvgIpc) is 2.66. The third-order valence-electron chi connectivity index (χ3n) is 5.74. The summed E-state index contributed by atoms with van der Waals surface area (Å²) in [5.74, 6) is -0.655. The molecule has 1 aliphatic carbocycles. The fraction of sp³-hybridized carbons (Fsp3) is 0.944. The van der Waals surface area contributed by atoms with Crippen LogP contribution in [0.1, 0.15) is 40.5 Å². The maximum absolute atomic E-state index is 11.7. The Labute approximate surface area is 161 Å². The molecule has 0 spiro atoms. The van der Waals surface area contributed by atoms with Crippen molar-refractivity contribution in [3.05, 3.63) is 0 Å². The zero-order valence-electron chi connectivity index (χ0n) is 16.8. The van der Waals surface area contributed by atoms with Gasteiger partial charge in [-0.05, 0) is 25.8 Å². The highest BCUT2D eigenvalue weighted by Crippen LogP contribution is 2.28. The quantitative estimate of drug-likeness (QED) is 0.237.